The lowest BCUT2D eigenvalue weighted by molar-refractivity contribution is -0.144. The third-order valence-electron chi connectivity index (χ3n) is 3.08. The molecular weight excluding hydrogens is 302 g/mol. The number of aryl methyl sites for hydroxylation is 1. The molecule has 8 heteroatoms. The van der Waals surface area contributed by atoms with Crippen LogP contribution in [0.1, 0.15) is 34.6 Å². The molecule has 1 unspecified atom stereocenters. The number of carbonyl (C=O) groups is 3. The van der Waals surface area contributed by atoms with Crippen molar-refractivity contribution in [2.24, 2.45) is 7.05 Å². The van der Waals surface area contributed by atoms with Gasteiger partial charge < -0.3 is 19.5 Å². The normalized spacial score (nSPS) is 16.0. The van der Waals surface area contributed by atoms with E-state index in [2.05, 4.69) is 4.74 Å². The Morgan fingerprint density at radius 1 is 1.43 bits per heavy atom. The number of hydrogen-bond donors (Lipinski definition) is 2. The number of aliphatic hydroxyl groups excluding tert-OH is 2. The monoisotopic (exact) mass is 313 g/mol. The fourth-order valence-corrected chi connectivity index (χ4v) is 2.32. The molecular formula is C13H12ClNO6. The van der Waals surface area contributed by atoms with Gasteiger partial charge in [0.1, 0.15) is 29.2 Å². The number of halogens is 1. The Morgan fingerprint density at radius 3 is 2.62 bits per heavy atom. The third kappa shape index (κ3) is 2.45. The fourth-order valence-electron chi connectivity index (χ4n) is 2.14. The van der Waals surface area contributed by atoms with E-state index in [1.54, 1.807) is 0 Å². The number of nitrogens with zero attached hydrogens (tertiary/aromatic N) is 1. The fraction of sp³-hybridized carbons (Fsp3) is 0.308. The molecule has 2 N–H and O–H groups in total. The van der Waals surface area contributed by atoms with Crippen molar-refractivity contribution in [3.8, 4) is 0 Å². The molecule has 0 aliphatic heterocycles. The Kier molecular flexibility index (Phi) is 3.89. The summed E-state index contributed by atoms with van der Waals surface area (Å²) < 4.78 is 5.99. The second kappa shape index (κ2) is 5.34. The number of hydrogen-bond acceptors (Lipinski definition) is 6. The second-order valence-corrected chi connectivity index (χ2v) is 4.94. The summed E-state index contributed by atoms with van der Waals surface area (Å²) in [5, 5.41) is 19.4. The average Bonchev–Trinajstić information content (AvgIpc) is 2.77. The first kappa shape index (κ1) is 15.3. The molecule has 1 aliphatic rings. The van der Waals surface area contributed by atoms with Crippen LogP contribution < -0.4 is 0 Å². The van der Waals surface area contributed by atoms with Crippen LogP contribution in [0.2, 0.25) is 0 Å². The molecule has 2 rings (SSSR count). The number of allylic oxidation sites excluding steroid dienone is 1. The average molecular weight is 314 g/mol. The summed E-state index contributed by atoms with van der Waals surface area (Å²) in [4.78, 5) is 34.3. The number of fused-ring (bicyclic) bond motifs is 1. The molecule has 0 bridgehead atoms. The van der Waals surface area contributed by atoms with Gasteiger partial charge in [-0.2, -0.15) is 0 Å². The summed E-state index contributed by atoms with van der Waals surface area (Å²) in [6, 6.07) is 0. The number of aliphatic hydroxyl groups is 2. The Balaban J connectivity index is 2.52. The summed E-state index contributed by atoms with van der Waals surface area (Å²) in [5.74, 6) is -3.04. The second-order valence-electron chi connectivity index (χ2n) is 4.56. The molecule has 7 nitrogen and oxygen atoms in total. The highest BCUT2D eigenvalue weighted by atomic mass is 35.5. The molecule has 1 aromatic rings. The highest BCUT2D eigenvalue weighted by Gasteiger charge is 2.37. The van der Waals surface area contributed by atoms with Crippen LogP contribution >= 0.6 is 11.6 Å². The first-order valence-corrected chi connectivity index (χ1v) is 6.32. The minimum absolute atomic E-state index is 0.0215. The van der Waals surface area contributed by atoms with Crippen LogP contribution in [0, 0.1) is 0 Å². The van der Waals surface area contributed by atoms with Gasteiger partial charge >= 0.3 is 5.97 Å². The van der Waals surface area contributed by atoms with E-state index in [9.17, 15) is 24.6 Å². The van der Waals surface area contributed by atoms with Crippen LogP contribution in [0.15, 0.2) is 11.2 Å². The number of ketones is 2. The minimum Gasteiger partial charge on any atom is -0.506 e. The van der Waals surface area contributed by atoms with Crippen molar-refractivity contribution in [2.45, 2.75) is 13.0 Å². The molecule has 1 atom stereocenters. The number of rotatable bonds is 3. The van der Waals surface area contributed by atoms with E-state index >= 15 is 0 Å². The van der Waals surface area contributed by atoms with E-state index in [1.807, 2.05) is 0 Å². The van der Waals surface area contributed by atoms with Gasteiger partial charge in [-0.05, 0) is 0 Å². The van der Waals surface area contributed by atoms with Crippen molar-refractivity contribution in [1.82, 2.24) is 4.57 Å². The van der Waals surface area contributed by atoms with Crippen molar-refractivity contribution < 1.29 is 29.3 Å². The molecule has 0 spiro atoms. The van der Waals surface area contributed by atoms with E-state index in [0.717, 1.165) is 0 Å². The van der Waals surface area contributed by atoms with Gasteiger partial charge in [-0.25, -0.2) is 0 Å². The third-order valence-corrected chi connectivity index (χ3v) is 3.43. The molecule has 1 aliphatic carbocycles. The zero-order valence-corrected chi connectivity index (χ0v) is 12.0. The largest absolute Gasteiger partial charge is 0.506 e. The summed E-state index contributed by atoms with van der Waals surface area (Å²) in [7, 11) is 1.48. The lowest BCUT2D eigenvalue weighted by Crippen LogP contribution is -2.24. The molecule has 1 heterocycles. The zero-order chi connectivity index (χ0) is 15.9. The van der Waals surface area contributed by atoms with Crippen LogP contribution in [-0.2, 0) is 21.4 Å². The topological polar surface area (TPSA) is 106 Å². The van der Waals surface area contributed by atoms with Crippen molar-refractivity contribution in [2.75, 3.05) is 6.61 Å². The van der Waals surface area contributed by atoms with Crippen molar-refractivity contribution >= 4 is 34.9 Å². The summed E-state index contributed by atoms with van der Waals surface area (Å²) in [6.07, 6.45) is 0.104. The van der Waals surface area contributed by atoms with Gasteiger partial charge in [0, 0.05) is 25.7 Å². The van der Waals surface area contributed by atoms with Crippen LogP contribution in [0.4, 0.5) is 0 Å². The first-order chi connectivity index (χ1) is 9.75. The first-order valence-electron chi connectivity index (χ1n) is 5.94. The van der Waals surface area contributed by atoms with Crippen molar-refractivity contribution in [3.05, 3.63) is 28.0 Å². The molecule has 0 saturated carbocycles. The van der Waals surface area contributed by atoms with Gasteiger partial charge in [-0.15, -0.1) is 0 Å². The molecule has 112 valence electrons. The van der Waals surface area contributed by atoms with Crippen LogP contribution in [0.25, 0.3) is 5.76 Å². The maximum absolute atomic E-state index is 11.9. The Labute approximate surface area is 124 Å². The molecule has 0 amide bonds. The van der Waals surface area contributed by atoms with E-state index < -0.39 is 34.4 Å². The van der Waals surface area contributed by atoms with Gasteiger partial charge in [0.25, 0.3) is 5.78 Å². The predicted molar refractivity (Wildman–Crippen MR) is 71.7 cm³/mol. The molecule has 0 radical (unpaired) electrons. The Hall–Kier alpha value is -2.12. The number of ether oxygens (including phenoxy) is 1. The lowest BCUT2D eigenvalue weighted by Gasteiger charge is -2.15. The predicted octanol–water partition coefficient (Wildman–Crippen LogP) is 0.852. The van der Waals surface area contributed by atoms with Gasteiger partial charge in [0.05, 0.1) is 5.56 Å². The maximum atomic E-state index is 11.9. The standard InChI is InChI=1S/C13H12ClNO6/c1-5(16)21-4-7(17)6-3-15(2)10-8(6)11(18)9(14)12(19)13(10)20/h3,7,17-18H,4H2,1-2H3. The lowest BCUT2D eigenvalue weighted by atomic mass is 9.95. The van der Waals surface area contributed by atoms with Crippen LogP contribution in [0.5, 0.6) is 0 Å². The van der Waals surface area contributed by atoms with Gasteiger partial charge in [0.15, 0.2) is 0 Å². The van der Waals surface area contributed by atoms with Gasteiger partial charge in [0.2, 0.25) is 5.78 Å². The number of esters is 1. The SMILES string of the molecule is CC(=O)OCC(O)c1cn(C)c2c1C(O)=C(Cl)C(=O)C2=O. The zero-order valence-electron chi connectivity index (χ0n) is 11.2. The molecule has 0 saturated heterocycles. The van der Waals surface area contributed by atoms with Crippen LogP contribution in [0.3, 0.4) is 0 Å². The summed E-state index contributed by atoms with van der Waals surface area (Å²) >= 11 is 5.64. The molecule has 0 aromatic carbocycles. The molecule has 1 aromatic heterocycles. The van der Waals surface area contributed by atoms with Gasteiger partial charge in [-0.3, -0.25) is 14.4 Å². The van der Waals surface area contributed by atoms with E-state index in [4.69, 9.17) is 11.6 Å². The Bertz CT molecular complexity index is 687. The summed E-state index contributed by atoms with van der Waals surface area (Å²) in [5.41, 5.74) is 0.0516. The molecule has 0 fully saturated rings. The van der Waals surface area contributed by atoms with Crippen molar-refractivity contribution in [1.29, 1.82) is 0 Å². The number of carbonyl (C=O) groups excluding carboxylic acids is 3. The summed E-state index contributed by atoms with van der Waals surface area (Å²) in [6.45, 7) is 0.836. The quantitative estimate of drug-likeness (QED) is 0.633. The maximum Gasteiger partial charge on any atom is 0.302 e. The van der Waals surface area contributed by atoms with E-state index in [0.29, 0.717) is 0 Å². The minimum atomic E-state index is -1.27. The van der Waals surface area contributed by atoms with E-state index in [-0.39, 0.29) is 23.4 Å². The number of Topliss-reactive ketones (excluding diaryl/α,β-unsaturated/α-hetero) is 2. The van der Waals surface area contributed by atoms with Crippen molar-refractivity contribution in [3.63, 3.8) is 0 Å². The number of aromatic nitrogens is 1. The highest BCUT2D eigenvalue weighted by Crippen LogP contribution is 2.35. The Morgan fingerprint density at radius 2 is 2.05 bits per heavy atom. The van der Waals surface area contributed by atoms with Gasteiger partial charge in [-0.1, -0.05) is 11.6 Å². The van der Waals surface area contributed by atoms with E-state index in [1.165, 1.54) is 24.7 Å². The highest BCUT2D eigenvalue weighted by molar-refractivity contribution is 6.63. The molecule has 21 heavy (non-hydrogen) atoms. The smallest absolute Gasteiger partial charge is 0.302 e. The van der Waals surface area contributed by atoms with Crippen LogP contribution in [-0.4, -0.2) is 38.9 Å².